The molecule has 0 amide bonds. The summed E-state index contributed by atoms with van der Waals surface area (Å²) < 4.78 is 24.0. The lowest BCUT2D eigenvalue weighted by molar-refractivity contribution is 0.399. The molecule has 4 nitrogen and oxygen atoms in total. The highest BCUT2D eigenvalue weighted by molar-refractivity contribution is 7.99. The summed E-state index contributed by atoms with van der Waals surface area (Å²) in [7, 11) is 1.53. The van der Waals surface area contributed by atoms with Crippen molar-refractivity contribution in [1.82, 2.24) is 9.97 Å². The molecule has 3 rings (SSSR count). The Labute approximate surface area is 108 Å². The van der Waals surface area contributed by atoms with Crippen LogP contribution in [0.2, 0.25) is 0 Å². The lowest BCUT2D eigenvalue weighted by Gasteiger charge is -2.07. The standard InChI is InChI=1S/C12H11FN2O2S/c1-16-10-3-2-9-11(15-10)12(8(13)4-14-9)18-6-7-5-17-7/h2-4,7H,5-6H2,1H3. The number of aromatic nitrogens is 2. The fourth-order valence-corrected chi connectivity index (χ4v) is 2.62. The third kappa shape index (κ3) is 2.26. The molecule has 2 aromatic heterocycles. The Morgan fingerprint density at radius 1 is 1.56 bits per heavy atom. The van der Waals surface area contributed by atoms with Crippen molar-refractivity contribution in [3.63, 3.8) is 0 Å². The first kappa shape index (κ1) is 11.7. The van der Waals surface area contributed by atoms with Gasteiger partial charge < -0.3 is 9.47 Å². The summed E-state index contributed by atoms with van der Waals surface area (Å²) in [5.74, 6) is 0.836. The molecule has 0 aromatic carbocycles. The summed E-state index contributed by atoms with van der Waals surface area (Å²) in [6.07, 6.45) is 1.47. The summed E-state index contributed by atoms with van der Waals surface area (Å²) in [5.41, 5.74) is 1.21. The maximum atomic E-state index is 13.8. The summed E-state index contributed by atoms with van der Waals surface area (Å²) in [6.45, 7) is 0.758. The van der Waals surface area contributed by atoms with Crippen LogP contribution in [0.1, 0.15) is 0 Å². The van der Waals surface area contributed by atoms with Crippen LogP contribution in [0.5, 0.6) is 5.88 Å². The van der Waals surface area contributed by atoms with Gasteiger partial charge in [0.15, 0.2) is 5.82 Å². The van der Waals surface area contributed by atoms with Gasteiger partial charge in [-0.3, -0.25) is 4.98 Å². The van der Waals surface area contributed by atoms with Gasteiger partial charge in [-0.25, -0.2) is 9.37 Å². The van der Waals surface area contributed by atoms with Gasteiger partial charge in [-0.2, -0.15) is 0 Å². The third-order valence-electron chi connectivity index (χ3n) is 2.62. The summed E-state index contributed by atoms with van der Waals surface area (Å²) in [6, 6.07) is 3.49. The summed E-state index contributed by atoms with van der Waals surface area (Å²) in [5, 5.41) is 0. The minimum absolute atomic E-state index is 0.239. The number of ether oxygens (including phenoxy) is 2. The highest BCUT2D eigenvalue weighted by atomic mass is 32.2. The number of thioether (sulfide) groups is 1. The fourth-order valence-electron chi connectivity index (χ4n) is 1.59. The van der Waals surface area contributed by atoms with Crippen molar-refractivity contribution in [2.24, 2.45) is 0 Å². The van der Waals surface area contributed by atoms with Crippen LogP contribution in [0.15, 0.2) is 23.2 Å². The number of fused-ring (bicyclic) bond motifs is 1. The number of nitrogens with zero attached hydrogens (tertiary/aromatic N) is 2. The van der Waals surface area contributed by atoms with E-state index in [1.807, 2.05) is 0 Å². The van der Waals surface area contributed by atoms with E-state index in [4.69, 9.17) is 9.47 Å². The molecule has 0 aliphatic carbocycles. The molecule has 0 bridgehead atoms. The van der Waals surface area contributed by atoms with E-state index in [2.05, 4.69) is 9.97 Å². The molecule has 3 heterocycles. The first-order valence-corrected chi connectivity index (χ1v) is 6.50. The first-order valence-electron chi connectivity index (χ1n) is 5.51. The number of pyridine rings is 2. The number of rotatable bonds is 4. The Hall–Kier alpha value is -1.40. The Balaban J connectivity index is 2.03. The van der Waals surface area contributed by atoms with Crippen LogP contribution in [-0.2, 0) is 4.74 Å². The second kappa shape index (κ2) is 4.70. The number of hydrogen-bond donors (Lipinski definition) is 0. The van der Waals surface area contributed by atoms with Crippen LogP contribution in [0, 0.1) is 5.82 Å². The van der Waals surface area contributed by atoms with Gasteiger partial charge in [-0.05, 0) is 6.07 Å². The van der Waals surface area contributed by atoms with Crippen molar-refractivity contribution >= 4 is 22.8 Å². The maximum Gasteiger partial charge on any atom is 0.213 e. The quantitative estimate of drug-likeness (QED) is 0.627. The van der Waals surface area contributed by atoms with E-state index in [1.54, 1.807) is 12.1 Å². The molecular weight excluding hydrogens is 255 g/mol. The average molecular weight is 266 g/mol. The molecule has 1 fully saturated rings. The zero-order valence-corrected chi connectivity index (χ0v) is 10.5. The van der Waals surface area contributed by atoms with Gasteiger partial charge in [0.25, 0.3) is 0 Å². The topological polar surface area (TPSA) is 47.5 Å². The van der Waals surface area contributed by atoms with Crippen LogP contribution in [0.3, 0.4) is 0 Å². The number of methoxy groups -OCH3 is 1. The molecule has 0 radical (unpaired) electrons. The normalized spacial score (nSPS) is 18.0. The highest BCUT2D eigenvalue weighted by Crippen LogP contribution is 2.31. The predicted molar refractivity (Wildman–Crippen MR) is 66.5 cm³/mol. The Morgan fingerprint density at radius 3 is 3.11 bits per heavy atom. The van der Waals surface area contributed by atoms with Crippen LogP contribution in [-0.4, -0.2) is 35.5 Å². The smallest absolute Gasteiger partial charge is 0.213 e. The van der Waals surface area contributed by atoms with E-state index >= 15 is 0 Å². The molecule has 18 heavy (non-hydrogen) atoms. The van der Waals surface area contributed by atoms with Gasteiger partial charge in [-0.15, -0.1) is 11.8 Å². The number of epoxide rings is 1. The van der Waals surface area contributed by atoms with E-state index in [0.29, 0.717) is 21.8 Å². The van der Waals surface area contributed by atoms with Gasteiger partial charge in [-0.1, -0.05) is 0 Å². The Kier molecular flexibility index (Phi) is 3.05. The molecule has 0 N–H and O–H groups in total. The fraction of sp³-hybridized carbons (Fsp3) is 0.333. The van der Waals surface area contributed by atoms with E-state index < -0.39 is 0 Å². The van der Waals surface area contributed by atoms with E-state index in [9.17, 15) is 4.39 Å². The van der Waals surface area contributed by atoms with Crippen LogP contribution in [0.4, 0.5) is 4.39 Å². The largest absolute Gasteiger partial charge is 0.481 e. The second-order valence-electron chi connectivity index (χ2n) is 3.92. The van der Waals surface area contributed by atoms with Crippen molar-refractivity contribution in [2.45, 2.75) is 11.0 Å². The molecule has 0 saturated carbocycles. The van der Waals surface area contributed by atoms with E-state index in [1.165, 1.54) is 25.1 Å². The van der Waals surface area contributed by atoms with Gasteiger partial charge in [0.05, 0.1) is 36.4 Å². The lowest BCUT2D eigenvalue weighted by Crippen LogP contribution is -1.96. The summed E-state index contributed by atoms with van der Waals surface area (Å²) in [4.78, 5) is 8.80. The van der Waals surface area contributed by atoms with Crippen LogP contribution < -0.4 is 4.74 Å². The van der Waals surface area contributed by atoms with Crippen molar-refractivity contribution in [3.05, 3.63) is 24.1 Å². The van der Waals surface area contributed by atoms with Crippen LogP contribution >= 0.6 is 11.8 Å². The molecule has 1 aliphatic rings. The summed E-state index contributed by atoms with van der Waals surface area (Å²) >= 11 is 1.41. The molecule has 6 heteroatoms. The van der Waals surface area contributed by atoms with Crippen LogP contribution in [0.25, 0.3) is 11.0 Å². The van der Waals surface area contributed by atoms with Gasteiger partial charge in [0, 0.05) is 11.8 Å². The molecule has 1 saturated heterocycles. The Morgan fingerprint density at radius 2 is 2.39 bits per heavy atom. The van der Waals surface area contributed by atoms with Crippen molar-refractivity contribution in [2.75, 3.05) is 19.5 Å². The van der Waals surface area contributed by atoms with Crippen molar-refractivity contribution in [3.8, 4) is 5.88 Å². The maximum absolute atomic E-state index is 13.8. The molecular formula is C12H11FN2O2S. The predicted octanol–water partition coefficient (Wildman–Crippen LogP) is 2.27. The van der Waals surface area contributed by atoms with E-state index in [0.717, 1.165) is 12.4 Å². The zero-order chi connectivity index (χ0) is 12.5. The molecule has 1 aliphatic heterocycles. The van der Waals surface area contributed by atoms with E-state index in [-0.39, 0.29) is 11.9 Å². The third-order valence-corrected chi connectivity index (χ3v) is 3.84. The molecule has 1 atom stereocenters. The molecule has 94 valence electrons. The first-order chi connectivity index (χ1) is 8.78. The lowest BCUT2D eigenvalue weighted by atomic mass is 10.3. The minimum Gasteiger partial charge on any atom is -0.481 e. The van der Waals surface area contributed by atoms with Gasteiger partial charge >= 0.3 is 0 Å². The average Bonchev–Trinajstić information content (AvgIpc) is 3.21. The van der Waals surface area contributed by atoms with Crippen molar-refractivity contribution in [1.29, 1.82) is 0 Å². The molecule has 0 spiro atoms. The Bertz CT molecular complexity index is 590. The minimum atomic E-state index is -0.353. The molecule has 1 unspecified atom stereocenters. The number of halogens is 1. The SMILES string of the molecule is COc1ccc2ncc(F)c(SCC3CO3)c2n1. The monoisotopic (exact) mass is 266 g/mol. The van der Waals surface area contributed by atoms with Gasteiger partial charge in [0.1, 0.15) is 5.52 Å². The second-order valence-corrected chi connectivity index (χ2v) is 4.95. The van der Waals surface area contributed by atoms with Gasteiger partial charge in [0.2, 0.25) is 5.88 Å². The zero-order valence-electron chi connectivity index (χ0n) is 9.72. The number of hydrogen-bond acceptors (Lipinski definition) is 5. The van der Waals surface area contributed by atoms with Crippen molar-refractivity contribution < 1.29 is 13.9 Å². The molecule has 2 aromatic rings. The highest BCUT2D eigenvalue weighted by Gasteiger charge is 2.24.